The van der Waals surface area contributed by atoms with E-state index in [2.05, 4.69) is 15.6 Å². The van der Waals surface area contributed by atoms with Gasteiger partial charge in [0.15, 0.2) is 0 Å². The molecule has 0 radical (unpaired) electrons. The van der Waals surface area contributed by atoms with Gasteiger partial charge in [0.25, 0.3) is 5.91 Å². The maximum absolute atomic E-state index is 12.7. The van der Waals surface area contributed by atoms with E-state index in [4.69, 9.17) is 69.6 Å². The number of aromatic nitrogens is 1. The van der Waals surface area contributed by atoms with Crippen molar-refractivity contribution < 1.29 is 9.90 Å². The fraction of sp³-hybridized carbons (Fsp3) is 0.182. The lowest BCUT2D eigenvalue weighted by molar-refractivity contribution is 0.102. The maximum atomic E-state index is 12.7. The van der Waals surface area contributed by atoms with E-state index in [1.165, 1.54) is 12.3 Å². The van der Waals surface area contributed by atoms with Gasteiger partial charge in [-0.15, -0.1) is 23.2 Å². The number of carbonyl (C=O) groups is 1. The Bertz CT molecular complexity index is 1180. The SMILES string of the molecule is O=C(Nc1ccc(Cl)nc1)c1cc(NC(O)C2C(c3cc(Cl)cc(Cl)c3)C2(Cl)Cl)ccc1Cl. The molecule has 5 nitrogen and oxygen atoms in total. The number of hydrogen-bond acceptors (Lipinski definition) is 4. The van der Waals surface area contributed by atoms with E-state index in [-0.39, 0.29) is 10.6 Å². The second-order valence-electron chi connectivity index (χ2n) is 7.49. The van der Waals surface area contributed by atoms with Crippen LogP contribution in [0.4, 0.5) is 11.4 Å². The number of amides is 1. The number of anilines is 2. The van der Waals surface area contributed by atoms with Gasteiger partial charge in [-0.05, 0) is 54.1 Å². The van der Waals surface area contributed by atoms with Crippen LogP contribution in [0.3, 0.4) is 0 Å². The van der Waals surface area contributed by atoms with Crippen molar-refractivity contribution in [1.82, 2.24) is 4.98 Å². The quantitative estimate of drug-likeness (QED) is 0.167. The van der Waals surface area contributed by atoms with Gasteiger partial charge < -0.3 is 15.7 Å². The van der Waals surface area contributed by atoms with Crippen LogP contribution in [-0.2, 0) is 0 Å². The fourth-order valence-corrected chi connectivity index (χ4v) is 5.37. The number of benzene rings is 2. The summed E-state index contributed by atoms with van der Waals surface area (Å²) < 4.78 is -1.23. The average molecular weight is 566 g/mol. The number of rotatable bonds is 6. The predicted molar refractivity (Wildman–Crippen MR) is 135 cm³/mol. The van der Waals surface area contributed by atoms with Crippen LogP contribution in [-0.4, -0.2) is 26.6 Å². The minimum absolute atomic E-state index is 0.195. The minimum Gasteiger partial charge on any atom is -0.373 e. The summed E-state index contributed by atoms with van der Waals surface area (Å²) in [6.45, 7) is 0. The largest absolute Gasteiger partial charge is 0.373 e. The summed E-state index contributed by atoms with van der Waals surface area (Å²) in [5.74, 6) is -1.40. The van der Waals surface area contributed by atoms with Crippen LogP contribution < -0.4 is 10.6 Å². The first-order valence-corrected chi connectivity index (χ1v) is 11.8. The molecule has 0 bridgehead atoms. The first-order valence-electron chi connectivity index (χ1n) is 9.57. The molecule has 172 valence electrons. The molecule has 3 atom stereocenters. The minimum atomic E-state index is -1.23. The summed E-state index contributed by atoms with van der Waals surface area (Å²) in [5, 5.41) is 17.9. The topological polar surface area (TPSA) is 74.2 Å². The standard InChI is InChI=1S/C22H15Cl6N3O2/c23-11-5-10(6-12(24)7-11)18-19(22(18,27)28)21(33)30-13-1-3-16(25)15(8-13)20(32)31-14-2-4-17(26)29-9-14/h1-9,18-19,21,30,33H,(H,31,32). The van der Waals surface area contributed by atoms with Gasteiger partial charge in [0, 0.05) is 27.6 Å². The Morgan fingerprint density at radius 2 is 1.64 bits per heavy atom. The molecule has 1 heterocycles. The van der Waals surface area contributed by atoms with E-state index in [0.29, 0.717) is 26.6 Å². The summed E-state index contributed by atoms with van der Waals surface area (Å²) >= 11 is 37.1. The zero-order valence-electron chi connectivity index (χ0n) is 16.5. The Hall–Kier alpha value is -1.44. The number of halogens is 6. The van der Waals surface area contributed by atoms with Gasteiger partial charge in [-0.3, -0.25) is 4.79 Å². The number of nitrogens with one attached hydrogen (secondary N) is 2. The third-order valence-electron chi connectivity index (χ3n) is 5.20. The van der Waals surface area contributed by atoms with Crippen molar-refractivity contribution in [3.05, 3.63) is 86.1 Å². The van der Waals surface area contributed by atoms with Crippen molar-refractivity contribution in [2.75, 3.05) is 10.6 Å². The molecule has 1 aliphatic rings. The van der Waals surface area contributed by atoms with Crippen LogP contribution in [0.2, 0.25) is 20.2 Å². The number of pyridine rings is 1. The summed E-state index contributed by atoms with van der Waals surface area (Å²) in [5.41, 5.74) is 1.82. The fourth-order valence-electron chi connectivity index (χ4n) is 3.63. The smallest absolute Gasteiger partial charge is 0.257 e. The van der Waals surface area contributed by atoms with E-state index in [9.17, 15) is 9.90 Å². The first kappa shape index (κ1) is 24.7. The van der Waals surface area contributed by atoms with E-state index in [1.54, 1.807) is 42.5 Å². The molecular weight excluding hydrogens is 551 g/mol. The molecule has 1 fully saturated rings. The van der Waals surface area contributed by atoms with Crippen molar-refractivity contribution in [3.8, 4) is 0 Å². The molecule has 1 amide bonds. The Kier molecular flexibility index (Phi) is 7.23. The Morgan fingerprint density at radius 3 is 2.27 bits per heavy atom. The van der Waals surface area contributed by atoms with Crippen LogP contribution >= 0.6 is 69.6 Å². The molecular formula is C22H15Cl6N3O2. The Morgan fingerprint density at radius 1 is 0.970 bits per heavy atom. The number of hydrogen-bond donors (Lipinski definition) is 3. The molecule has 3 unspecified atom stereocenters. The van der Waals surface area contributed by atoms with E-state index in [0.717, 1.165) is 5.56 Å². The van der Waals surface area contributed by atoms with Gasteiger partial charge in [-0.1, -0.05) is 46.4 Å². The van der Waals surface area contributed by atoms with Crippen molar-refractivity contribution in [1.29, 1.82) is 0 Å². The molecule has 0 spiro atoms. The molecule has 33 heavy (non-hydrogen) atoms. The molecule has 4 rings (SSSR count). The lowest BCUT2D eigenvalue weighted by Gasteiger charge is -2.16. The van der Waals surface area contributed by atoms with Crippen LogP contribution in [0.15, 0.2) is 54.7 Å². The molecule has 11 heteroatoms. The number of carbonyl (C=O) groups excluding carboxylic acids is 1. The normalized spacial score (nSPS) is 19.6. The number of aliphatic hydroxyl groups excluding tert-OH is 1. The van der Waals surface area contributed by atoms with Gasteiger partial charge in [0.1, 0.15) is 15.7 Å². The zero-order chi connectivity index (χ0) is 23.9. The maximum Gasteiger partial charge on any atom is 0.257 e. The molecule has 3 aromatic rings. The zero-order valence-corrected chi connectivity index (χ0v) is 21.0. The van der Waals surface area contributed by atoms with E-state index >= 15 is 0 Å². The summed E-state index contributed by atoms with van der Waals surface area (Å²) in [6.07, 6.45) is 0.302. The summed E-state index contributed by atoms with van der Waals surface area (Å²) in [6, 6.07) is 12.9. The highest BCUT2D eigenvalue weighted by Gasteiger charge is 2.67. The Labute approximate surface area is 219 Å². The molecule has 1 aliphatic carbocycles. The lowest BCUT2D eigenvalue weighted by atomic mass is 10.1. The average Bonchev–Trinajstić information content (AvgIpc) is 3.32. The van der Waals surface area contributed by atoms with Gasteiger partial charge in [0.2, 0.25) is 0 Å². The second kappa shape index (κ2) is 9.67. The second-order valence-corrected chi connectivity index (χ2v) is 10.6. The molecule has 3 N–H and O–H groups in total. The summed E-state index contributed by atoms with van der Waals surface area (Å²) in [7, 11) is 0. The van der Waals surface area contributed by atoms with Crippen LogP contribution in [0, 0.1) is 5.92 Å². The number of alkyl halides is 2. The van der Waals surface area contributed by atoms with Gasteiger partial charge in [-0.25, -0.2) is 4.98 Å². The molecule has 2 aromatic carbocycles. The van der Waals surface area contributed by atoms with Crippen molar-refractivity contribution in [3.63, 3.8) is 0 Å². The Balaban J connectivity index is 1.50. The predicted octanol–water partition coefficient (Wildman–Crippen LogP) is 7.27. The molecule has 0 aliphatic heterocycles. The van der Waals surface area contributed by atoms with Crippen LogP contribution in [0.5, 0.6) is 0 Å². The van der Waals surface area contributed by atoms with Crippen molar-refractivity contribution in [2.45, 2.75) is 16.5 Å². The van der Waals surface area contributed by atoms with Gasteiger partial charge in [-0.2, -0.15) is 0 Å². The first-order chi connectivity index (χ1) is 15.6. The number of nitrogens with zero attached hydrogens (tertiary/aromatic N) is 1. The monoisotopic (exact) mass is 563 g/mol. The number of aliphatic hydroxyl groups is 1. The van der Waals surface area contributed by atoms with Gasteiger partial charge in [0.05, 0.1) is 22.5 Å². The van der Waals surface area contributed by atoms with E-state index in [1.807, 2.05) is 0 Å². The van der Waals surface area contributed by atoms with Crippen molar-refractivity contribution in [2.24, 2.45) is 5.92 Å². The van der Waals surface area contributed by atoms with Crippen LogP contribution in [0.1, 0.15) is 21.8 Å². The van der Waals surface area contributed by atoms with Gasteiger partial charge >= 0.3 is 0 Å². The highest BCUT2D eigenvalue weighted by molar-refractivity contribution is 6.52. The molecule has 0 saturated heterocycles. The van der Waals surface area contributed by atoms with Crippen LogP contribution in [0.25, 0.3) is 0 Å². The highest BCUT2D eigenvalue weighted by Crippen LogP contribution is 2.66. The van der Waals surface area contributed by atoms with E-state index < -0.39 is 28.3 Å². The highest BCUT2D eigenvalue weighted by atomic mass is 35.5. The molecule has 1 saturated carbocycles. The third-order valence-corrected chi connectivity index (χ3v) is 7.17. The van der Waals surface area contributed by atoms with Crippen molar-refractivity contribution >= 4 is 86.9 Å². The third kappa shape index (κ3) is 5.46. The molecule has 1 aromatic heterocycles. The summed E-state index contributed by atoms with van der Waals surface area (Å²) in [4.78, 5) is 16.6. The lowest BCUT2D eigenvalue weighted by Crippen LogP contribution is -2.24.